The van der Waals surface area contributed by atoms with Crippen LogP contribution >= 0.6 is 0 Å². The highest BCUT2D eigenvalue weighted by Gasteiger charge is 2.17. The summed E-state index contributed by atoms with van der Waals surface area (Å²) in [6, 6.07) is 2.47. The van der Waals surface area contributed by atoms with E-state index in [-0.39, 0.29) is 0 Å². The van der Waals surface area contributed by atoms with Crippen molar-refractivity contribution in [3.63, 3.8) is 0 Å². The van der Waals surface area contributed by atoms with Crippen molar-refractivity contribution in [2.75, 3.05) is 6.61 Å². The molecule has 16 heavy (non-hydrogen) atoms. The normalized spacial score (nSPS) is 21.2. The summed E-state index contributed by atoms with van der Waals surface area (Å²) in [6.07, 6.45) is 6.68. The van der Waals surface area contributed by atoms with Gasteiger partial charge in [0.05, 0.1) is 18.4 Å². The highest BCUT2D eigenvalue weighted by molar-refractivity contribution is 5.64. The molecule has 3 heteroatoms. The van der Waals surface area contributed by atoms with E-state index in [4.69, 9.17) is 4.74 Å². The maximum Gasteiger partial charge on any atom is 0.0738 e. The quantitative estimate of drug-likeness (QED) is 0.782. The van der Waals surface area contributed by atoms with Gasteiger partial charge in [0.25, 0.3) is 0 Å². The third-order valence-corrected chi connectivity index (χ3v) is 3.05. The molecule has 0 saturated carbocycles. The molecule has 2 rings (SSSR count). The van der Waals surface area contributed by atoms with Crippen molar-refractivity contribution in [2.45, 2.75) is 45.8 Å². The lowest BCUT2D eigenvalue weighted by molar-refractivity contribution is 0.0700. The number of aromatic nitrogens is 2. The van der Waals surface area contributed by atoms with Crippen LogP contribution in [0.1, 0.15) is 45.3 Å². The van der Waals surface area contributed by atoms with E-state index >= 15 is 0 Å². The van der Waals surface area contributed by atoms with Crippen molar-refractivity contribution in [2.24, 2.45) is 0 Å². The first-order valence-corrected chi connectivity index (χ1v) is 6.07. The van der Waals surface area contributed by atoms with Crippen molar-refractivity contribution in [3.05, 3.63) is 24.0 Å². The zero-order chi connectivity index (χ0) is 11.5. The minimum Gasteiger partial charge on any atom is -0.373 e. The van der Waals surface area contributed by atoms with Gasteiger partial charge < -0.3 is 4.74 Å². The first kappa shape index (κ1) is 11.4. The van der Waals surface area contributed by atoms with E-state index < -0.39 is 0 Å². The molecule has 3 nitrogen and oxygen atoms in total. The Bertz CT molecular complexity index is 379. The van der Waals surface area contributed by atoms with Gasteiger partial charge in [-0.3, -0.25) is 4.68 Å². The minimum absolute atomic E-state index is 0.398. The van der Waals surface area contributed by atoms with Gasteiger partial charge >= 0.3 is 0 Å². The van der Waals surface area contributed by atoms with Crippen molar-refractivity contribution >= 4 is 5.57 Å². The molecule has 1 aliphatic heterocycles. The zero-order valence-corrected chi connectivity index (χ0v) is 10.3. The fourth-order valence-electron chi connectivity index (χ4n) is 2.05. The summed E-state index contributed by atoms with van der Waals surface area (Å²) in [7, 11) is 0. The number of ether oxygens (including phenoxy) is 1. The van der Waals surface area contributed by atoms with Crippen LogP contribution in [0.15, 0.2) is 18.3 Å². The SMILES string of the molecule is CCC1CC=C(c2ccnn2C(C)C)CO1. The van der Waals surface area contributed by atoms with Gasteiger partial charge in [0.1, 0.15) is 0 Å². The molecule has 0 aliphatic carbocycles. The second-order valence-corrected chi connectivity index (χ2v) is 4.56. The van der Waals surface area contributed by atoms with Gasteiger partial charge in [0, 0.05) is 12.2 Å². The molecular weight excluding hydrogens is 200 g/mol. The van der Waals surface area contributed by atoms with E-state index in [9.17, 15) is 0 Å². The molecule has 2 heterocycles. The minimum atomic E-state index is 0.398. The molecular formula is C13H20N2O. The zero-order valence-electron chi connectivity index (χ0n) is 10.3. The summed E-state index contributed by atoms with van der Waals surface area (Å²) in [6.45, 7) is 7.18. The Morgan fingerprint density at radius 1 is 1.56 bits per heavy atom. The number of hydrogen-bond donors (Lipinski definition) is 0. The Balaban J connectivity index is 2.19. The molecule has 0 amide bonds. The van der Waals surface area contributed by atoms with Crippen LogP contribution in [-0.2, 0) is 4.74 Å². The van der Waals surface area contributed by atoms with Crippen LogP contribution in [0.3, 0.4) is 0 Å². The topological polar surface area (TPSA) is 27.1 Å². The smallest absolute Gasteiger partial charge is 0.0738 e. The van der Waals surface area contributed by atoms with E-state index in [2.05, 4.69) is 42.7 Å². The van der Waals surface area contributed by atoms with Crippen molar-refractivity contribution in [1.29, 1.82) is 0 Å². The van der Waals surface area contributed by atoms with Gasteiger partial charge in [0.15, 0.2) is 0 Å². The van der Waals surface area contributed by atoms with E-state index in [0.29, 0.717) is 12.1 Å². The van der Waals surface area contributed by atoms with Gasteiger partial charge in [-0.1, -0.05) is 13.0 Å². The van der Waals surface area contributed by atoms with E-state index in [0.717, 1.165) is 19.4 Å². The molecule has 88 valence electrons. The molecule has 1 aromatic heterocycles. The Hall–Kier alpha value is -1.09. The average molecular weight is 220 g/mol. The lowest BCUT2D eigenvalue weighted by Crippen LogP contribution is -2.19. The van der Waals surface area contributed by atoms with E-state index in [1.807, 2.05) is 6.20 Å². The summed E-state index contributed by atoms with van der Waals surface area (Å²) in [5.74, 6) is 0. The molecule has 1 atom stereocenters. The second-order valence-electron chi connectivity index (χ2n) is 4.56. The summed E-state index contributed by atoms with van der Waals surface area (Å²) < 4.78 is 7.85. The van der Waals surface area contributed by atoms with Crippen molar-refractivity contribution in [1.82, 2.24) is 9.78 Å². The molecule has 0 spiro atoms. The first-order valence-electron chi connectivity index (χ1n) is 6.07. The summed E-state index contributed by atoms with van der Waals surface area (Å²) >= 11 is 0. The highest BCUT2D eigenvalue weighted by Crippen LogP contribution is 2.24. The molecule has 0 radical (unpaired) electrons. The first-order chi connectivity index (χ1) is 7.72. The standard InChI is InChI=1S/C13H20N2O/c1-4-12-6-5-11(9-16-12)13-7-8-14-15(13)10(2)3/h5,7-8,10,12H,4,6,9H2,1-3H3. The average Bonchev–Trinajstić information content (AvgIpc) is 2.78. The predicted octanol–water partition coefficient (Wildman–Crippen LogP) is 3.05. The lowest BCUT2D eigenvalue weighted by atomic mass is 10.1. The van der Waals surface area contributed by atoms with Gasteiger partial charge in [0.2, 0.25) is 0 Å². The Labute approximate surface area is 97.1 Å². The molecule has 0 fully saturated rings. The summed E-state index contributed by atoms with van der Waals surface area (Å²) in [5.41, 5.74) is 2.47. The van der Waals surface area contributed by atoms with Crippen molar-refractivity contribution in [3.8, 4) is 0 Å². The fourth-order valence-corrected chi connectivity index (χ4v) is 2.05. The van der Waals surface area contributed by atoms with Crippen LogP contribution in [0, 0.1) is 0 Å². The second kappa shape index (κ2) is 4.83. The van der Waals surface area contributed by atoms with E-state index in [1.54, 1.807) is 0 Å². The predicted molar refractivity (Wildman–Crippen MR) is 65.2 cm³/mol. The molecule has 1 unspecified atom stereocenters. The number of nitrogens with zero attached hydrogens (tertiary/aromatic N) is 2. The molecule has 0 saturated heterocycles. The molecule has 0 bridgehead atoms. The third-order valence-electron chi connectivity index (χ3n) is 3.05. The molecule has 0 N–H and O–H groups in total. The molecule has 1 aliphatic rings. The molecule has 1 aromatic rings. The number of rotatable bonds is 3. The van der Waals surface area contributed by atoms with Crippen LogP contribution in [0.25, 0.3) is 5.57 Å². The van der Waals surface area contributed by atoms with Gasteiger partial charge in [-0.25, -0.2) is 0 Å². The molecule has 0 aromatic carbocycles. The Kier molecular flexibility index (Phi) is 3.44. The van der Waals surface area contributed by atoms with Crippen molar-refractivity contribution < 1.29 is 4.74 Å². The van der Waals surface area contributed by atoms with Crippen LogP contribution in [0.2, 0.25) is 0 Å². The van der Waals surface area contributed by atoms with E-state index in [1.165, 1.54) is 11.3 Å². The summed E-state index contributed by atoms with van der Waals surface area (Å²) in [4.78, 5) is 0. The maximum atomic E-state index is 5.79. The third kappa shape index (κ3) is 2.19. The van der Waals surface area contributed by atoms with Gasteiger partial charge in [-0.2, -0.15) is 5.10 Å². The van der Waals surface area contributed by atoms with Crippen LogP contribution in [0.4, 0.5) is 0 Å². The Morgan fingerprint density at radius 2 is 2.38 bits per heavy atom. The van der Waals surface area contributed by atoms with Gasteiger partial charge in [-0.15, -0.1) is 0 Å². The van der Waals surface area contributed by atoms with Crippen LogP contribution < -0.4 is 0 Å². The lowest BCUT2D eigenvalue weighted by Gasteiger charge is -2.22. The maximum absolute atomic E-state index is 5.79. The fraction of sp³-hybridized carbons (Fsp3) is 0.615. The summed E-state index contributed by atoms with van der Waals surface area (Å²) in [5, 5.41) is 4.35. The number of hydrogen-bond acceptors (Lipinski definition) is 2. The Morgan fingerprint density at radius 3 is 2.94 bits per heavy atom. The highest BCUT2D eigenvalue weighted by atomic mass is 16.5. The van der Waals surface area contributed by atoms with Gasteiger partial charge in [-0.05, 0) is 38.3 Å². The van der Waals surface area contributed by atoms with Crippen LogP contribution in [0.5, 0.6) is 0 Å². The monoisotopic (exact) mass is 220 g/mol. The largest absolute Gasteiger partial charge is 0.373 e. The van der Waals surface area contributed by atoms with Crippen LogP contribution in [-0.4, -0.2) is 22.5 Å².